The maximum Gasteiger partial charge on any atom is 0.0757 e. The normalized spacial score (nSPS) is 11.4. The third-order valence-electron chi connectivity index (χ3n) is 6.61. The summed E-state index contributed by atoms with van der Waals surface area (Å²) < 4.78 is 2.56. The van der Waals surface area contributed by atoms with Crippen LogP contribution < -0.4 is 15.1 Å². The second-order valence-corrected chi connectivity index (χ2v) is 8.34. The van der Waals surface area contributed by atoms with E-state index in [0.29, 0.717) is 5.30 Å². The van der Waals surface area contributed by atoms with E-state index in [4.69, 9.17) is 0 Å². The minimum absolute atomic E-state index is 0.376. The monoisotopic (exact) mass is 414 g/mol. The fourth-order valence-electron chi connectivity index (χ4n) is 3.35. The molecule has 0 aliphatic carbocycles. The van der Waals surface area contributed by atoms with Crippen LogP contribution in [0.3, 0.4) is 0 Å². The largest absolute Gasteiger partial charge is 0.838 e. The lowest BCUT2D eigenvalue weighted by Crippen LogP contribution is -2.47. The van der Waals surface area contributed by atoms with E-state index in [1.165, 1.54) is 61.3 Å². The number of quaternary nitrogens is 2. The Bertz CT molecular complexity index is 415. The maximum absolute atomic E-state index is 10.3. The first-order chi connectivity index (χ1) is 13.2. The highest BCUT2D eigenvalue weighted by Crippen LogP contribution is 2.10. The quantitative estimate of drug-likeness (QED) is 0.459. The van der Waals surface area contributed by atoms with Crippen LogP contribution in [0.25, 0.3) is 0 Å². The topological polar surface area (TPSA) is 46.1 Å². The predicted molar refractivity (Wildman–Crippen MR) is 123 cm³/mol. The van der Waals surface area contributed by atoms with Crippen molar-refractivity contribution in [3.8, 4) is 0 Å². The summed E-state index contributed by atoms with van der Waals surface area (Å²) in [5.41, 5.74) is 1.07. The second kappa shape index (κ2) is 16.3. The summed E-state index contributed by atoms with van der Waals surface area (Å²) in [7, 11) is -2.41. The number of aryl methyl sites for hydroxylation is 1. The van der Waals surface area contributed by atoms with Gasteiger partial charge in [0, 0.05) is 0 Å². The van der Waals surface area contributed by atoms with E-state index in [1.54, 1.807) is 24.3 Å². The average molecular weight is 415 g/mol. The van der Waals surface area contributed by atoms with Gasteiger partial charge in [0.1, 0.15) is 0 Å². The predicted octanol–water partition coefficient (Wildman–Crippen LogP) is 3.42. The van der Waals surface area contributed by atoms with Gasteiger partial charge in [-0.15, -0.1) is 0 Å². The second-order valence-electron chi connectivity index (χ2n) is 7.31. The van der Waals surface area contributed by atoms with Crippen LogP contribution in [0.1, 0.15) is 61.0 Å². The molecule has 1 rings (SSSR count). The number of hydrogen-bond donors (Lipinski definition) is 0. The Kier molecular flexibility index (Phi) is 17.3. The van der Waals surface area contributed by atoms with Gasteiger partial charge in [0.15, 0.2) is 0 Å². The first-order valence-electron chi connectivity index (χ1n) is 11.1. The van der Waals surface area contributed by atoms with Gasteiger partial charge in [-0.1, -0.05) is 35.1 Å². The van der Waals surface area contributed by atoms with Gasteiger partial charge in [-0.25, -0.2) is 0 Å². The van der Waals surface area contributed by atoms with Crippen LogP contribution in [0.4, 0.5) is 0 Å². The number of nitrogens with zero attached hydrogens (tertiary/aromatic N) is 2. The number of hydrogen-bond acceptors (Lipinski definition) is 2. The molecular formula is C23H47N2O2P. The highest BCUT2D eigenvalue weighted by atomic mass is 31.2. The van der Waals surface area contributed by atoms with E-state index in [0.717, 1.165) is 5.56 Å². The Hall–Kier alpha value is -0.510. The lowest BCUT2D eigenvalue weighted by atomic mass is 10.2. The fraction of sp³-hybridized carbons (Fsp3) is 0.739. The maximum atomic E-state index is 10.3. The van der Waals surface area contributed by atoms with Crippen molar-refractivity contribution in [2.75, 3.05) is 52.4 Å². The SMILES string of the molecule is CC[N+](CC)(CC)CC.CC[N+](CC)(CC)CC.Cc1ccc(P([O-])[O-])cc1. The molecule has 0 spiro atoms. The Balaban J connectivity index is 0. The fourth-order valence-corrected chi connectivity index (χ4v) is 3.74. The van der Waals surface area contributed by atoms with Crippen molar-refractivity contribution in [3.05, 3.63) is 29.8 Å². The van der Waals surface area contributed by atoms with E-state index in [1.807, 2.05) is 6.92 Å². The molecule has 0 atom stereocenters. The third kappa shape index (κ3) is 10.9. The lowest BCUT2D eigenvalue weighted by molar-refractivity contribution is -0.921. The van der Waals surface area contributed by atoms with Gasteiger partial charge < -0.3 is 18.8 Å². The summed E-state index contributed by atoms with van der Waals surface area (Å²) in [6.45, 7) is 30.4. The van der Waals surface area contributed by atoms with Crippen LogP contribution in [0, 0.1) is 6.92 Å². The van der Waals surface area contributed by atoms with E-state index < -0.39 is 8.38 Å². The van der Waals surface area contributed by atoms with Crippen molar-refractivity contribution in [1.29, 1.82) is 0 Å². The molecule has 1 aromatic rings. The smallest absolute Gasteiger partial charge is 0.0757 e. The third-order valence-corrected chi connectivity index (χ3v) is 7.33. The highest BCUT2D eigenvalue weighted by Gasteiger charge is 2.16. The van der Waals surface area contributed by atoms with E-state index in [9.17, 15) is 9.79 Å². The summed E-state index contributed by atoms with van der Waals surface area (Å²) >= 11 is 0. The van der Waals surface area contributed by atoms with Gasteiger partial charge in [-0.3, -0.25) is 8.38 Å². The molecule has 0 saturated carbocycles. The Morgan fingerprint density at radius 1 is 0.571 bits per heavy atom. The van der Waals surface area contributed by atoms with Gasteiger partial charge in [0.25, 0.3) is 0 Å². The van der Waals surface area contributed by atoms with Crippen LogP contribution in [0.15, 0.2) is 24.3 Å². The first kappa shape index (κ1) is 29.7. The zero-order valence-electron chi connectivity index (χ0n) is 20.1. The summed E-state index contributed by atoms with van der Waals surface area (Å²) in [5.74, 6) is 0. The van der Waals surface area contributed by atoms with Crippen LogP contribution in [0.5, 0.6) is 0 Å². The van der Waals surface area contributed by atoms with E-state index in [2.05, 4.69) is 55.4 Å². The molecule has 0 unspecified atom stereocenters. The van der Waals surface area contributed by atoms with Gasteiger partial charge in [0.05, 0.1) is 52.4 Å². The minimum atomic E-state index is -2.41. The van der Waals surface area contributed by atoms with Crippen LogP contribution in [-0.4, -0.2) is 61.3 Å². The molecule has 0 aliphatic heterocycles. The molecule has 5 heteroatoms. The highest BCUT2D eigenvalue weighted by molar-refractivity contribution is 7.51. The standard InChI is InChI=1S/2C8H20N.C7H7O2P/c2*1-5-9(6-2,7-3)8-4;1-6-2-4-7(5-3-6)10(8)9/h2*5-8H2,1-4H3;2-5H,1H3/q2*+1;-2. The van der Waals surface area contributed by atoms with Crippen molar-refractivity contribution in [2.45, 2.75) is 62.3 Å². The molecule has 1 aromatic carbocycles. The molecule has 0 heterocycles. The van der Waals surface area contributed by atoms with Crippen molar-refractivity contribution in [2.24, 2.45) is 0 Å². The molecule has 0 aromatic heterocycles. The molecule has 0 amide bonds. The van der Waals surface area contributed by atoms with Crippen molar-refractivity contribution in [3.63, 3.8) is 0 Å². The molecule has 0 saturated heterocycles. The lowest BCUT2D eigenvalue weighted by Gasteiger charge is -2.34. The first-order valence-corrected chi connectivity index (χ1v) is 12.3. The molecular weight excluding hydrogens is 367 g/mol. The van der Waals surface area contributed by atoms with E-state index >= 15 is 0 Å². The van der Waals surface area contributed by atoms with Crippen molar-refractivity contribution < 1.29 is 18.8 Å². The van der Waals surface area contributed by atoms with Crippen LogP contribution in [-0.2, 0) is 0 Å². The molecule has 0 radical (unpaired) electrons. The summed E-state index contributed by atoms with van der Waals surface area (Å²) in [6, 6.07) is 6.75. The van der Waals surface area contributed by atoms with Gasteiger partial charge in [-0.2, -0.15) is 0 Å². The van der Waals surface area contributed by atoms with Gasteiger partial charge in [-0.05, 0) is 62.3 Å². The minimum Gasteiger partial charge on any atom is -0.838 e. The van der Waals surface area contributed by atoms with Crippen LogP contribution in [0.2, 0.25) is 0 Å². The molecule has 0 aliphatic rings. The van der Waals surface area contributed by atoms with Crippen molar-refractivity contribution >= 4 is 13.7 Å². The average Bonchev–Trinajstić information content (AvgIpc) is 2.74. The summed E-state index contributed by atoms with van der Waals surface area (Å²) in [4.78, 5) is 20.7. The zero-order valence-corrected chi connectivity index (χ0v) is 21.0. The Morgan fingerprint density at radius 3 is 0.964 bits per heavy atom. The molecule has 0 bridgehead atoms. The molecule has 0 fully saturated rings. The van der Waals surface area contributed by atoms with Crippen LogP contribution >= 0.6 is 8.38 Å². The molecule has 166 valence electrons. The Morgan fingerprint density at radius 2 is 0.821 bits per heavy atom. The number of benzene rings is 1. The summed E-state index contributed by atoms with van der Waals surface area (Å²) in [5, 5.41) is 0.376. The molecule has 4 nitrogen and oxygen atoms in total. The molecule has 28 heavy (non-hydrogen) atoms. The number of rotatable bonds is 9. The zero-order chi connectivity index (χ0) is 22.2. The van der Waals surface area contributed by atoms with E-state index in [-0.39, 0.29) is 0 Å². The summed E-state index contributed by atoms with van der Waals surface area (Å²) in [6.07, 6.45) is 0. The van der Waals surface area contributed by atoms with Gasteiger partial charge in [0.2, 0.25) is 0 Å². The Labute approximate surface area is 177 Å². The van der Waals surface area contributed by atoms with Crippen molar-refractivity contribution in [1.82, 2.24) is 0 Å². The van der Waals surface area contributed by atoms with Gasteiger partial charge >= 0.3 is 0 Å². The molecule has 0 N–H and O–H groups in total.